The van der Waals surface area contributed by atoms with Crippen LogP contribution in [0.2, 0.25) is 0 Å². The van der Waals surface area contributed by atoms with Gasteiger partial charge < -0.3 is 10.4 Å². The van der Waals surface area contributed by atoms with E-state index >= 15 is 0 Å². The van der Waals surface area contributed by atoms with E-state index in [-0.39, 0.29) is 11.7 Å². The lowest BCUT2D eigenvalue weighted by atomic mass is 9.98. The van der Waals surface area contributed by atoms with Crippen molar-refractivity contribution >= 4 is 21.8 Å². The topological polar surface area (TPSA) is 49.3 Å². The van der Waals surface area contributed by atoms with Crippen LogP contribution in [-0.2, 0) is 11.2 Å². The predicted octanol–water partition coefficient (Wildman–Crippen LogP) is 2.86. The van der Waals surface area contributed by atoms with Crippen LogP contribution in [0.15, 0.2) is 24.3 Å². The molecule has 1 saturated carbocycles. The fourth-order valence-electron chi connectivity index (χ4n) is 2.74. The summed E-state index contributed by atoms with van der Waals surface area (Å²) < 4.78 is 0. The Hall–Kier alpha value is -1.03. The SMILES string of the molecule is O=C(Cc1cccc(O)c1)NCC1CCCC1CBr. The second kappa shape index (κ2) is 6.94. The molecule has 0 aliphatic heterocycles. The lowest BCUT2D eigenvalue weighted by molar-refractivity contribution is -0.120. The van der Waals surface area contributed by atoms with Gasteiger partial charge in [0.05, 0.1) is 6.42 Å². The maximum Gasteiger partial charge on any atom is 0.224 e. The van der Waals surface area contributed by atoms with Gasteiger partial charge in [0, 0.05) is 11.9 Å². The zero-order chi connectivity index (χ0) is 13.7. The standard InChI is InChI=1S/C15H20BrNO2/c16-9-12-4-2-5-13(12)10-17-15(19)8-11-3-1-6-14(18)7-11/h1,3,6-7,12-13,18H,2,4-5,8-10H2,(H,17,19). The summed E-state index contributed by atoms with van der Waals surface area (Å²) in [7, 11) is 0. The van der Waals surface area contributed by atoms with Gasteiger partial charge in [0.25, 0.3) is 0 Å². The number of aromatic hydroxyl groups is 1. The van der Waals surface area contributed by atoms with Gasteiger partial charge in [-0.25, -0.2) is 0 Å². The van der Waals surface area contributed by atoms with Crippen LogP contribution in [0.1, 0.15) is 24.8 Å². The highest BCUT2D eigenvalue weighted by Gasteiger charge is 2.26. The molecule has 1 aliphatic carbocycles. The molecule has 0 radical (unpaired) electrons. The van der Waals surface area contributed by atoms with Crippen LogP contribution in [0.3, 0.4) is 0 Å². The molecule has 1 amide bonds. The summed E-state index contributed by atoms with van der Waals surface area (Å²) in [6, 6.07) is 6.86. The monoisotopic (exact) mass is 325 g/mol. The molecule has 2 unspecified atom stereocenters. The van der Waals surface area contributed by atoms with E-state index in [1.807, 2.05) is 6.07 Å². The summed E-state index contributed by atoms with van der Waals surface area (Å²) in [5.74, 6) is 1.54. The second-order valence-corrected chi connectivity index (χ2v) is 5.90. The Morgan fingerprint density at radius 1 is 1.37 bits per heavy atom. The third kappa shape index (κ3) is 4.23. The number of benzene rings is 1. The molecule has 2 atom stereocenters. The van der Waals surface area contributed by atoms with E-state index < -0.39 is 0 Å². The highest BCUT2D eigenvalue weighted by atomic mass is 79.9. The van der Waals surface area contributed by atoms with Gasteiger partial charge in [0.15, 0.2) is 0 Å². The van der Waals surface area contributed by atoms with Gasteiger partial charge in [0.2, 0.25) is 5.91 Å². The number of hydrogen-bond donors (Lipinski definition) is 2. The van der Waals surface area contributed by atoms with Crippen LogP contribution in [0.5, 0.6) is 5.75 Å². The zero-order valence-corrected chi connectivity index (χ0v) is 12.5. The lowest BCUT2D eigenvalue weighted by Crippen LogP contribution is -2.32. The molecular formula is C15H20BrNO2. The molecule has 3 nitrogen and oxygen atoms in total. The van der Waals surface area contributed by atoms with E-state index in [1.165, 1.54) is 19.3 Å². The molecule has 1 aromatic rings. The Labute approximate surface area is 122 Å². The Morgan fingerprint density at radius 3 is 2.89 bits per heavy atom. The van der Waals surface area contributed by atoms with Crippen LogP contribution < -0.4 is 5.32 Å². The molecule has 2 rings (SSSR count). The third-order valence-electron chi connectivity index (χ3n) is 3.85. The number of phenolic OH excluding ortho intramolecular Hbond substituents is 1. The third-order valence-corrected chi connectivity index (χ3v) is 4.68. The largest absolute Gasteiger partial charge is 0.508 e. The quantitative estimate of drug-likeness (QED) is 0.818. The van der Waals surface area contributed by atoms with Crippen molar-refractivity contribution in [2.75, 3.05) is 11.9 Å². The number of hydrogen-bond acceptors (Lipinski definition) is 2. The molecule has 0 aromatic heterocycles. The number of rotatable bonds is 5. The Bertz CT molecular complexity index is 436. The summed E-state index contributed by atoms with van der Waals surface area (Å²) in [5.41, 5.74) is 0.848. The number of alkyl halides is 1. The lowest BCUT2D eigenvalue weighted by Gasteiger charge is -2.17. The summed E-state index contributed by atoms with van der Waals surface area (Å²) in [6.07, 6.45) is 4.07. The van der Waals surface area contributed by atoms with Crippen LogP contribution >= 0.6 is 15.9 Å². The molecule has 0 spiro atoms. The number of halogens is 1. The van der Waals surface area contributed by atoms with Crippen LogP contribution in [0, 0.1) is 11.8 Å². The van der Waals surface area contributed by atoms with Crippen LogP contribution in [0.25, 0.3) is 0 Å². The van der Waals surface area contributed by atoms with Gasteiger partial charge in [-0.1, -0.05) is 34.5 Å². The summed E-state index contributed by atoms with van der Waals surface area (Å²) >= 11 is 3.54. The minimum absolute atomic E-state index is 0.0332. The molecule has 1 aromatic carbocycles. The minimum atomic E-state index is 0.0332. The van der Waals surface area contributed by atoms with Crippen molar-refractivity contribution in [2.45, 2.75) is 25.7 Å². The van der Waals surface area contributed by atoms with Crippen molar-refractivity contribution < 1.29 is 9.90 Å². The van der Waals surface area contributed by atoms with E-state index in [0.717, 1.165) is 17.4 Å². The number of nitrogens with one attached hydrogen (secondary N) is 1. The molecule has 2 N–H and O–H groups in total. The van der Waals surface area contributed by atoms with E-state index in [9.17, 15) is 9.90 Å². The first-order chi connectivity index (χ1) is 9.19. The van der Waals surface area contributed by atoms with Gasteiger partial charge >= 0.3 is 0 Å². The zero-order valence-electron chi connectivity index (χ0n) is 10.9. The van der Waals surface area contributed by atoms with Gasteiger partial charge in [-0.2, -0.15) is 0 Å². The first-order valence-corrected chi connectivity index (χ1v) is 7.91. The smallest absolute Gasteiger partial charge is 0.224 e. The van der Waals surface area contributed by atoms with Crippen molar-refractivity contribution in [3.05, 3.63) is 29.8 Å². The van der Waals surface area contributed by atoms with Gasteiger partial charge in [0.1, 0.15) is 5.75 Å². The minimum Gasteiger partial charge on any atom is -0.508 e. The first kappa shape index (κ1) is 14.4. The van der Waals surface area contributed by atoms with Crippen molar-refractivity contribution in [2.24, 2.45) is 11.8 Å². The van der Waals surface area contributed by atoms with Gasteiger partial charge in [-0.15, -0.1) is 0 Å². The molecule has 0 bridgehead atoms. The van der Waals surface area contributed by atoms with E-state index in [2.05, 4.69) is 21.2 Å². The summed E-state index contributed by atoms with van der Waals surface area (Å²) in [4.78, 5) is 11.9. The summed E-state index contributed by atoms with van der Waals surface area (Å²) in [6.45, 7) is 0.772. The van der Waals surface area contributed by atoms with Gasteiger partial charge in [-0.05, 0) is 42.4 Å². The molecule has 1 aliphatic rings. The van der Waals surface area contributed by atoms with Crippen LogP contribution in [0.4, 0.5) is 0 Å². The van der Waals surface area contributed by atoms with Gasteiger partial charge in [-0.3, -0.25) is 4.79 Å². The van der Waals surface area contributed by atoms with Crippen molar-refractivity contribution in [3.8, 4) is 5.75 Å². The molecule has 0 heterocycles. The normalized spacial score (nSPS) is 22.4. The first-order valence-electron chi connectivity index (χ1n) is 6.79. The Kier molecular flexibility index (Phi) is 5.25. The van der Waals surface area contributed by atoms with E-state index in [0.29, 0.717) is 18.3 Å². The number of phenols is 1. The number of carbonyl (C=O) groups is 1. The fourth-order valence-corrected chi connectivity index (χ4v) is 3.60. The molecule has 19 heavy (non-hydrogen) atoms. The predicted molar refractivity (Wildman–Crippen MR) is 79.4 cm³/mol. The van der Waals surface area contributed by atoms with E-state index in [4.69, 9.17) is 0 Å². The molecule has 1 fully saturated rings. The summed E-state index contributed by atoms with van der Waals surface area (Å²) in [5, 5.41) is 13.4. The average molecular weight is 326 g/mol. The molecule has 4 heteroatoms. The highest BCUT2D eigenvalue weighted by Crippen LogP contribution is 2.32. The van der Waals surface area contributed by atoms with Crippen LogP contribution in [-0.4, -0.2) is 22.9 Å². The maximum atomic E-state index is 11.9. The average Bonchev–Trinajstić information content (AvgIpc) is 2.83. The molecule has 0 saturated heterocycles. The molecular weight excluding hydrogens is 306 g/mol. The van der Waals surface area contributed by atoms with E-state index in [1.54, 1.807) is 18.2 Å². The van der Waals surface area contributed by atoms with Crippen molar-refractivity contribution in [1.82, 2.24) is 5.32 Å². The fraction of sp³-hybridized carbons (Fsp3) is 0.533. The Morgan fingerprint density at radius 2 is 2.16 bits per heavy atom. The Balaban J connectivity index is 1.78. The maximum absolute atomic E-state index is 11.9. The number of carbonyl (C=O) groups excluding carboxylic acids is 1. The van der Waals surface area contributed by atoms with Crippen molar-refractivity contribution in [3.63, 3.8) is 0 Å². The van der Waals surface area contributed by atoms with Crippen molar-refractivity contribution in [1.29, 1.82) is 0 Å². The second-order valence-electron chi connectivity index (χ2n) is 5.26. The highest BCUT2D eigenvalue weighted by molar-refractivity contribution is 9.09. The number of amides is 1. The molecule has 104 valence electrons.